The van der Waals surface area contributed by atoms with Crippen LogP contribution in [-0.2, 0) is 16.1 Å². The Morgan fingerprint density at radius 3 is 2.62 bits per heavy atom. The number of halogens is 1. The zero-order valence-electron chi connectivity index (χ0n) is 15.3. The lowest BCUT2D eigenvalue weighted by atomic mass is 10.1. The van der Waals surface area contributed by atoms with Crippen molar-refractivity contribution in [3.63, 3.8) is 0 Å². The first-order chi connectivity index (χ1) is 12.7. The van der Waals surface area contributed by atoms with E-state index >= 15 is 0 Å². The predicted octanol–water partition coefficient (Wildman–Crippen LogP) is 3.11. The van der Waals surface area contributed by atoms with Crippen LogP contribution in [0.25, 0.3) is 0 Å². The summed E-state index contributed by atoms with van der Waals surface area (Å²) in [5, 5.41) is 3.30. The van der Waals surface area contributed by atoms with E-state index in [1.165, 1.54) is 31.7 Å². The zero-order valence-corrected chi connectivity index (χ0v) is 15.3. The smallest absolute Gasteiger partial charge is 0.234 e. The highest BCUT2D eigenvalue weighted by Gasteiger charge is 2.42. The highest BCUT2D eigenvalue weighted by atomic mass is 19.1. The molecule has 1 heterocycles. The summed E-state index contributed by atoms with van der Waals surface area (Å²) < 4.78 is 19.3. The molecule has 3 aliphatic rings. The van der Waals surface area contributed by atoms with Gasteiger partial charge in [-0.05, 0) is 68.1 Å². The molecule has 1 amide bonds. The Labute approximate surface area is 155 Å². The lowest BCUT2D eigenvalue weighted by molar-refractivity contribution is -0.123. The van der Waals surface area contributed by atoms with Gasteiger partial charge in [0.25, 0.3) is 0 Å². The Balaban J connectivity index is 1.37. The summed E-state index contributed by atoms with van der Waals surface area (Å²) in [5.74, 6) is 1.26. The molecule has 0 bridgehead atoms. The molecule has 1 atom stereocenters. The number of nitrogens with zero attached hydrogens (tertiary/aromatic N) is 1. The summed E-state index contributed by atoms with van der Waals surface area (Å²) in [4.78, 5) is 14.8. The second-order valence-electron chi connectivity index (χ2n) is 8.20. The molecule has 2 aliphatic carbocycles. The maximum atomic E-state index is 13.5. The van der Waals surface area contributed by atoms with Crippen LogP contribution in [0.15, 0.2) is 24.3 Å². The number of carbonyl (C=O) groups excluding carboxylic acids is 1. The molecule has 4 nitrogen and oxygen atoms in total. The van der Waals surface area contributed by atoms with Gasteiger partial charge in [-0.3, -0.25) is 9.69 Å². The van der Waals surface area contributed by atoms with Gasteiger partial charge in [-0.1, -0.05) is 12.1 Å². The van der Waals surface area contributed by atoms with Gasteiger partial charge in [-0.25, -0.2) is 4.39 Å². The summed E-state index contributed by atoms with van der Waals surface area (Å²) in [7, 11) is 0. The molecule has 1 aliphatic heterocycles. The lowest BCUT2D eigenvalue weighted by Gasteiger charge is -2.26. The van der Waals surface area contributed by atoms with Crippen LogP contribution < -0.4 is 5.32 Å². The van der Waals surface area contributed by atoms with Crippen molar-refractivity contribution in [2.45, 2.75) is 57.2 Å². The molecule has 0 spiro atoms. The van der Waals surface area contributed by atoms with Crippen LogP contribution in [0.4, 0.5) is 4.39 Å². The Kier molecular flexibility index (Phi) is 5.55. The second-order valence-corrected chi connectivity index (χ2v) is 8.20. The van der Waals surface area contributed by atoms with Gasteiger partial charge in [0.05, 0.1) is 12.6 Å². The minimum absolute atomic E-state index is 0.100. The van der Waals surface area contributed by atoms with E-state index in [1.807, 2.05) is 6.07 Å². The van der Waals surface area contributed by atoms with Crippen LogP contribution in [-0.4, -0.2) is 42.6 Å². The third-order valence-corrected chi connectivity index (χ3v) is 5.74. The summed E-state index contributed by atoms with van der Waals surface area (Å²) in [6.07, 6.45) is 7.31. The van der Waals surface area contributed by atoms with Crippen molar-refractivity contribution in [1.29, 1.82) is 0 Å². The minimum atomic E-state index is -0.230. The average molecular weight is 360 g/mol. The Morgan fingerprint density at radius 2 is 2.00 bits per heavy atom. The topological polar surface area (TPSA) is 41.6 Å². The molecule has 1 unspecified atom stereocenters. The number of benzene rings is 1. The minimum Gasteiger partial charge on any atom is -0.377 e. The van der Waals surface area contributed by atoms with Crippen molar-refractivity contribution < 1.29 is 13.9 Å². The first-order valence-electron chi connectivity index (χ1n) is 10.0. The molecule has 5 heteroatoms. The van der Waals surface area contributed by atoms with Gasteiger partial charge in [0.2, 0.25) is 5.91 Å². The number of carbonyl (C=O) groups is 1. The predicted molar refractivity (Wildman–Crippen MR) is 98.0 cm³/mol. The van der Waals surface area contributed by atoms with Gasteiger partial charge in [-0.15, -0.1) is 0 Å². The van der Waals surface area contributed by atoms with Crippen molar-refractivity contribution in [3.05, 3.63) is 35.6 Å². The van der Waals surface area contributed by atoms with Gasteiger partial charge in [0.1, 0.15) is 5.82 Å². The lowest BCUT2D eigenvalue weighted by Crippen LogP contribution is -2.45. The van der Waals surface area contributed by atoms with Crippen molar-refractivity contribution in [2.75, 3.05) is 19.7 Å². The molecule has 1 aromatic carbocycles. The number of amides is 1. The van der Waals surface area contributed by atoms with Crippen molar-refractivity contribution in [1.82, 2.24) is 10.2 Å². The molecule has 142 valence electrons. The van der Waals surface area contributed by atoms with Crippen LogP contribution in [0, 0.1) is 17.7 Å². The van der Waals surface area contributed by atoms with Gasteiger partial charge in [-0.2, -0.15) is 0 Å². The van der Waals surface area contributed by atoms with Crippen LogP contribution in [0.5, 0.6) is 0 Å². The Hall–Kier alpha value is -1.46. The van der Waals surface area contributed by atoms with E-state index in [2.05, 4.69) is 10.2 Å². The van der Waals surface area contributed by atoms with Crippen LogP contribution in [0.3, 0.4) is 0 Å². The number of ether oxygens (including phenoxy) is 1. The molecule has 2 saturated carbocycles. The summed E-state index contributed by atoms with van der Waals surface area (Å²) in [6, 6.07) is 7.03. The maximum Gasteiger partial charge on any atom is 0.234 e. The quantitative estimate of drug-likeness (QED) is 0.736. The molecule has 0 radical (unpaired) electrons. The van der Waals surface area contributed by atoms with Crippen LogP contribution in [0.2, 0.25) is 0 Å². The fraction of sp³-hybridized carbons (Fsp3) is 0.667. The average Bonchev–Trinajstić information content (AvgIpc) is 3.53. The number of hydrogen-bond acceptors (Lipinski definition) is 3. The van der Waals surface area contributed by atoms with Crippen molar-refractivity contribution >= 4 is 5.91 Å². The first-order valence-corrected chi connectivity index (χ1v) is 10.0. The summed E-state index contributed by atoms with van der Waals surface area (Å²) >= 11 is 0. The third-order valence-electron chi connectivity index (χ3n) is 5.74. The highest BCUT2D eigenvalue weighted by molar-refractivity contribution is 5.78. The molecule has 0 aromatic heterocycles. The highest BCUT2D eigenvalue weighted by Crippen LogP contribution is 2.44. The molecule has 1 saturated heterocycles. The SMILES string of the molecule is O=C(CN(Cc1cccc(F)c1)CC1CCCO1)NC(C1CC1)C1CC1. The fourth-order valence-corrected chi connectivity index (χ4v) is 4.12. The fourth-order valence-electron chi connectivity index (χ4n) is 4.12. The van der Waals surface area contributed by atoms with E-state index in [0.29, 0.717) is 31.0 Å². The van der Waals surface area contributed by atoms with E-state index < -0.39 is 0 Å². The standard InChI is InChI=1S/C21H29FN2O2/c22-18-4-1-3-15(11-18)12-24(13-19-5-2-10-26-19)14-20(25)23-21(16-6-7-16)17-8-9-17/h1,3-4,11,16-17,19,21H,2,5-10,12-14H2,(H,23,25). The zero-order chi connectivity index (χ0) is 17.9. The molecule has 26 heavy (non-hydrogen) atoms. The summed E-state index contributed by atoms with van der Waals surface area (Å²) in [6.45, 7) is 2.45. The molecule has 4 rings (SSSR count). The van der Waals surface area contributed by atoms with Crippen LogP contribution >= 0.6 is 0 Å². The Bertz CT molecular complexity index is 612. The van der Waals surface area contributed by atoms with E-state index in [4.69, 9.17) is 4.74 Å². The molecule has 1 aromatic rings. The van der Waals surface area contributed by atoms with E-state index in [0.717, 1.165) is 31.6 Å². The second kappa shape index (κ2) is 8.05. The maximum absolute atomic E-state index is 13.5. The van der Waals surface area contributed by atoms with Gasteiger partial charge in [0, 0.05) is 25.7 Å². The molecular formula is C21H29FN2O2. The molecule has 1 N–H and O–H groups in total. The Morgan fingerprint density at radius 1 is 1.23 bits per heavy atom. The third kappa shape index (κ3) is 5.04. The van der Waals surface area contributed by atoms with Crippen molar-refractivity contribution in [2.24, 2.45) is 11.8 Å². The largest absolute Gasteiger partial charge is 0.377 e. The van der Waals surface area contributed by atoms with Gasteiger partial charge < -0.3 is 10.1 Å². The number of hydrogen-bond donors (Lipinski definition) is 1. The van der Waals surface area contributed by atoms with Crippen LogP contribution in [0.1, 0.15) is 44.1 Å². The molecule has 3 fully saturated rings. The normalized spacial score (nSPS) is 23.0. The van der Waals surface area contributed by atoms with E-state index in [-0.39, 0.29) is 17.8 Å². The van der Waals surface area contributed by atoms with Gasteiger partial charge in [0.15, 0.2) is 0 Å². The van der Waals surface area contributed by atoms with E-state index in [1.54, 1.807) is 12.1 Å². The number of rotatable bonds is 9. The number of nitrogens with one attached hydrogen (secondary N) is 1. The summed E-state index contributed by atoms with van der Waals surface area (Å²) in [5.41, 5.74) is 0.900. The van der Waals surface area contributed by atoms with Gasteiger partial charge >= 0.3 is 0 Å². The van der Waals surface area contributed by atoms with E-state index in [9.17, 15) is 9.18 Å². The van der Waals surface area contributed by atoms with Crippen molar-refractivity contribution in [3.8, 4) is 0 Å². The monoisotopic (exact) mass is 360 g/mol. The first kappa shape index (κ1) is 17.9. The molecular weight excluding hydrogens is 331 g/mol.